The maximum Gasteiger partial charge on any atom is 0.342 e. The lowest BCUT2D eigenvalue weighted by atomic mass is 9.82. The van der Waals surface area contributed by atoms with Gasteiger partial charge in [0.2, 0.25) is 0 Å². The van der Waals surface area contributed by atoms with Crippen LogP contribution in [0.5, 0.6) is 0 Å². The van der Waals surface area contributed by atoms with Gasteiger partial charge >= 0.3 is 6.03 Å². The van der Waals surface area contributed by atoms with Gasteiger partial charge in [-0.1, -0.05) is 19.3 Å². The molecule has 0 atom stereocenters. The number of carbonyl (C=O) groups is 2. The second-order valence-corrected chi connectivity index (χ2v) is 7.06. The summed E-state index contributed by atoms with van der Waals surface area (Å²) in [5, 5.41) is 9.25. The number of hydrazone groups is 1. The summed E-state index contributed by atoms with van der Waals surface area (Å²) in [6.45, 7) is 5.80. The number of nitrogens with zero attached hydrogens (tertiary/aromatic N) is 2. The molecule has 1 aliphatic heterocycles. The molecule has 1 N–H and O–H groups in total. The molecule has 128 valence electrons. The zero-order valence-corrected chi connectivity index (χ0v) is 14.6. The van der Waals surface area contributed by atoms with Crippen molar-refractivity contribution in [1.82, 2.24) is 5.01 Å². The lowest BCUT2D eigenvalue weighted by Gasteiger charge is -2.25. The fourth-order valence-corrected chi connectivity index (χ4v) is 3.58. The zero-order valence-electron chi connectivity index (χ0n) is 14.6. The fourth-order valence-electron chi connectivity index (χ4n) is 3.58. The van der Waals surface area contributed by atoms with E-state index in [0.717, 1.165) is 41.7 Å². The van der Waals surface area contributed by atoms with Crippen LogP contribution in [0.15, 0.2) is 17.2 Å². The minimum atomic E-state index is -0.213. The molecular weight excluding hydrogens is 302 g/mol. The average molecular weight is 327 g/mol. The Balaban J connectivity index is 2.15. The maximum atomic E-state index is 12.6. The molecule has 0 bridgehead atoms. The molecule has 1 aromatic rings. The van der Waals surface area contributed by atoms with Gasteiger partial charge in [-0.25, -0.2) is 9.80 Å². The van der Waals surface area contributed by atoms with Crippen LogP contribution in [0, 0.1) is 12.8 Å². The largest absolute Gasteiger partial charge is 0.342 e. The van der Waals surface area contributed by atoms with Crippen molar-refractivity contribution in [2.24, 2.45) is 11.0 Å². The highest BCUT2D eigenvalue weighted by Crippen LogP contribution is 2.33. The summed E-state index contributed by atoms with van der Waals surface area (Å²) in [5.74, 6) is 0.341. The molecule has 0 saturated heterocycles. The van der Waals surface area contributed by atoms with Crippen LogP contribution >= 0.6 is 0 Å². The van der Waals surface area contributed by atoms with E-state index in [0.29, 0.717) is 11.5 Å². The minimum Gasteiger partial charge on any atom is -0.306 e. The molecule has 1 fully saturated rings. The Hall–Kier alpha value is -2.17. The van der Waals surface area contributed by atoms with Gasteiger partial charge in [0, 0.05) is 17.0 Å². The Morgan fingerprint density at radius 2 is 1.96 bits per heavy atom. The number of hydrogen-bond donors (Lipinski definition) is 1. The Bertz CT molecular complexity index is 688. The number of amides is 2. The van der Waals surface area contributed by atoms with Crippen molar-refractivity contribution >= 4 is 23.7 Å². The van der Waals surface area contributed by atoms with Gasteiger partial charge in [0.25, 0.3) is 0 Å². The molecular formula is C19H25N3O2. The highest BCUT2D eigenvalue weighted by atomic mass is 16.2. The molecule has 1 aromatic carbocycles. The van der Waals surface area contributed by atoms with Crippen molar-refractivity contribution in [3.05, 3.63) is 28.8 Å². The van der Waals surface area contributed by atoms with Crippen molar-refractivity contribution in [2.45, 2.75) is 58.9 Å². The van der Waals surface area contributed by atoms with Crippen LogP contribution < -0.4 is 5.32 Å². The SMILES string of the molecule is Cc1cc2c(cc1C=O)C(C1CCCCC1)=NN(C(C)C)C(=O)N2. The lowest BCUT2D eigenvalue weighted by Crippen LogP contribution is -2.35. The van der Waals surface area contributed by atoms with Gasteiger partial charge in [0.15, 0.2) is 0 Å². The van der Waals surface area contributed by atoms with E-state index in [4.69, 9.17) is 5.10 Å². The van der Waals surface area contributed by atoms with Crippen LogP contribution in [0.25, 0.3) is 0 Å². The number of rotatable bonds is 3. The molecule has 0 radical (unpaired) electrons. The summed E-state index contributed by atoms with van der Waals surface area (Å²) in [6.07, 6.45) is 6.69. The third kappa shape index (κ3) is 3.07. The van der Waals surface area contributed by atoms with E-state index in [1.165, 1.54) is 24.3 Å². The second kappa shape index (κ2) is 6.75. The number of fused-ring (bicyclic) bond motifs is 1. The van der Waals surface area contributed by atoms with E-state index in [9.17, 15) is 9.59 Å². The normalized spacial score (nSPS) is 18.8. The van der Waals surface area contributed by atoms with Gasteiger partial charge in [-0.2, -0.15) is 5.10 Å². The number of hydrogen-bond acceptors (Lipinski definition) is 3. The summed E-state index contributed by atoms with van der Waals surface area (Å²) in [6, 6.07) is 3.54. The minimum absolute atomic E-state index is 0.0236. The van der Waals surface area contributed by atoms with Crippen molar-refractivity contribution < 1.29 is 9.59 Å². The first-order valence-electron chi connectivity index (χ1n) is 8.80. The predicted octanol–water partition coefficient (Wildman–Crippen LogP) is 4.35. The number of carbonyl (C=O) groups excluding carboxylic acids is 2. The van der Waals surface area contributed by atoms with E-state index in [2.05, 4.69) is 5.32 Å². The summed E-state index contributed by atoms with van der Waals surface area (Å²) < 4.78 is 0. The third-order valence-electron chi connectivity index (χ3n) is 4.96. The average Bonchev–Trinajstić information content (AvgIpc) is 2.70. The molecule has 5 nitrogen and oxygen atoms in total. The monoisotopic (exact) mass is 327 g/mol. The molecule has 2 amide bonds. The molecule has 0 unspecified atom stereocenters. The standard InChI is InChI=1S/C19H25N3O2/c1-12(2)22-19(24)20-17-9-13(3)15(11-23)10-16(17)18(21-22)14-7-5-4-6-8-14/h9-12,14H,4-8H2,1-3H3,(H,20,24). The molecule has 0 spiro atoms. The first-order chi connectivity index (χ1) is 11.5. The first kappa shape index (κ1) is 16.7. The number of aryl methyl sites for hydroxylation is 1. The molecule has 1 saturated carbocycles. The molecule has 3 rings (SSSR count). The fraction of sp³-hybridized carbons (Fsp3) is 0.526. The summed E-state index contributed by atoms with van der Waals surface area (Å²) in [7, 11) is 0. The molecule has 0 aromatic heterocycles. The Morgan fingerprint density at radius 3 is 2.58 bits per heavy atom. The Labute approximate surface area is 143 Å². The second-order valence-electron chi connectivity index (χ2n) is 7.06. The molecule has 5 heteroatoms. The highest BCUT2D eigenvalue weighted by molar-refractivity contribution is 6.11. The molecule has 24 heavy (non-hydrogen) atoms. The van der Waals surface area contributed by atoms with Crippen molar-refractivity contribution in [3.8, 4) is 0 Å². The lowest BCUT2D eigenvalue weighted by molar-refractivity contribution is 0.112. The molecule has 2 aliphatic rings. The zero-order chi connectivity index (χ0) is 17.3. The molecule has 1 heterocycles. The smallest absolute Gasteiger partial charge is 0.306 e. The maximum absolute atomic E-state index is 12.6. The first-order valence-corrected chi connectivity index (χ1v) is 8.80. The third-order valence-corrected chi connectivity index (χ3v) is 4.96. The summed E-state index contributed by atoms with van der Waals surface area (Å²) in [4.78, 5) is 23.9. The van der Waals surface area contributed by atoms with E-state index in [-0.39, 0.29) is 12.1 Å². The van der Waals surface area contributed by atoms with Crippen LogP contribution in [0.4, 0.5) is 10.5 Å². The van der Waals surface area contributed by atoms with E-state index in [1.807, 2.05) is 32.9 Å². The van der Waals surface area contributed by atoms with E-state index < -0.39 is 0 Å². The van der Waals surface area contributed by atoms with Gasteiger partial charge in [0.1, 0.15) is 6.29 Å². The van der Waals surface area contributed by atoms with E-state index >= 15 is 0 Å². The van der Waals surface area contributed by atoms with Gasteiger partial charge in [0.05, 0.1) is 17.4 Å². The van der Waals surface area contributed by atoms with Gasteiger partial charge in [-0.3, -0.25) is 4.79 Å². The van der Waals surface area contributed by atoms with Gasteiger partial charge in [-0.15, -0.1) is 0 Å². The number of aldehydes is 1. The van der Waals surface area contributed by atoms with Gasteiger partial charge < -0.3 is 5.32 Å². The van der Waals surface area contributed by atoms with Crippen LogP contribution in [0.1, 0.15) is 67.4 Å². The highest BCUT2D eigenvalue weighted by Gasteiger charge is 2.30. The van der Waals surface area contributed by atoms with Crippen molar-refractivity contribution in [2.75, 3.05) is 5.32 Å². The van der Waals surface area contributed by atoms with Gasteiger partial charge in [-0.05, 0) is 51.3 Å². The summed E-state index contributed by atoms with van der Waals surface area (Å²) in [5.41, 5.74) is 4.12. The summed E-state index contributed by atoms with van der Waals surface area (Å²) >= 11 is 0. The van der Waals surface area contributed by atoms with Crippen molar-refractivity contribution in [3.63, 3.8) is 0 Å². The van der Waals surface area contributed by atoms with Crippen LogP contribution in [-0.2, 0) is 0 Å². The molecule has 1 aliphatic carbocycles. The number of benzene rings is 1. The Morgan fingerprint density at radius 1 is 1.25 bits per heavy atom. The van der Waals surface area contributed by atoms with Crippen LogP contribution in [0.2, 0.25) is 0 Å². The van der Waals surface area contributed by atoms with Crippen LogP contribution in [0.3, 0.4) is 0 Å². The topological polar surface area (TPSA) is 61.8 Å². The quantitative estimate of drug-likeness (QED) is 0.839. The van der Waals surface area contributed by atoms with Crippen molar-refractivity contribution in [1.29, 1.82) is 0 Å². The van der Waals surface area contributed by atoms with E-state index in [1.54, 1.807) is 0 Å². The predicted molar refractivity (Wildman–Crippen MR) is 95.7 cm³/mol. The number of urea groups is 1. The number of nitrogens with one attached hydrogen (secondary N) is 1. The van der Waals surface area contributed by atoms with Crippen LogP contribution in [-0.4, -0.2) is 29.1 Å². The Kier molecular flexibility index (Phi) is 4.69. The number of anilines is 1.